The molecule has 0 aliphatic carbocycles. The molecule has 6 nitrogen and oxygen atoms in total. The van der Waals surface area contributed by atoms with Gasteiger partial charge in [-0.15, -0.1) is 0 Å². The number of nitrogens with one attached hydrogen (secondary N) is 1. The normalized spacial score (nSPS) is 14.4. The maximum atomic E-state index is 14.0. The zero-order valence-corrected chi connectivity index (χ0v) is 18.4. The van der Waals surface area contributed by atoms with Crippen LogP contribution in [-0.4, -0.2) is 20.0 Å². The van der Waals surface area contributed by atoms with Gasteiger partial charge in [0.05, 0.1) is 13.2 Å². The zero-order valence-electron chi connectivity index (χ0n) is 17.5. The van der Waals surface area contributed by atoms with Gasteiger partial charge in [-0.25, -0.2) is 0 Å². The van der Waals surface area contributed by atoms with Gasteiger partial charge in [0.15, 0.2) is 17.3 Å². The fourth-order valence-corrected chi connectivity index (χ4v) is 5.03. The third-order valence-corrected chi connectivity index (χ3v) is 6.36. The van der Waals surface area contributed by atoms with Crippen LogP contribution in [0.3, 0.4) is 0 Å². The average Bonchev–Trinajstić information content (AvgIpc) is 3.17. The Hall–Kier alpha value is -2.01. The van der Waals surface area contributed by atoms with Crippen LogP contribution in [-0.2, 0) is 13.6 Å². The van der Waals surface area contributed by atoms with Crippen LogP contribution in [0.15, 0.2) is 48.5 Å². The summed E-state index contributed by atoms with van der Waals surface area (Å²) in [7, 11) is -3.56. The highest BCUT2D eigenvalue weighted by Crippen LogP contribution is 2.61. The molecule has 0 saturated heterocycles. The second-order valence-electron chi connectivity index (χ2n) is 7.94. The smallest absolute Gasteiger partial charge is 0.357 e. The van der Waals surface area contributed by atoms with E-state index in [-0.39, 0.29) is 18.6 Å². The molecule has 2 aromatic rings. The summed E-state index contributed by atoms with van der Waals surface area (Å²) in [5.41, 5.74) is 1.59. The zero-order chi connectivity index (χ0) is 20.9. The number of hydrogen-bond acceptors (Lipinski definition) is 6. The summed E-state index contributed by atoms with van der Waals surface area (Å²) < 4.78 is 36.9. The third kappa shape index (κ3) is 5.75. The minimum absolute atomic E-state index is 0.181. The number of hydrogen-bond donors (Lipinski definition) is 1. The first-order chi connectivity index (χ1) is 13.9. The summed E-state index contributed by atoms with van der Waals surface area (Å²) in [6.45, 7) is 8.95. The van der Waals surface area contributed by atoms with Crippen LogP contribution in [0, 0.1) is 11.8 Å². The summed E-state index contributed by atoms with van der Waals surface area (Å²) in [6, 6.07) is 15.2. The predicted molar refractivity (Wildman–Crippen MR) is 115 cm³/mol. The molecule has 1 aliphatic heterocycles. The van der Waals surface area contributed by atoms with Gasteiger partial charge in [0.1, 0.15) is 0 Å². The van der Waals surface area contributed by atoms with E-state index in [1.54, 1.807) is 0 Å². The first kappa shape index (κ1) is 21.7. The van der Waals surface area contributed by atoms with E-state index in [1.165, 1.54) is 0 Å². The molecule has 0 aromatic heterocycles. The molecule has 3 rings (SSSR count). The average molecular weight is 419 g/mol. The van der Waals surface area contributed by atoms with Gasteiger partial charge in [0.25, 0.3) is 0 Å². The Labute approximate surface area is 173 Å². The largest absolute Gasteiger partial charge is 0.454 e. The van der Waals surface area contributed by atoms with E-state index in [2.05, 4.69) is 5.32 Å². The van der Waals surface area contributed by atoms with Crippen molar-refractivity contribution in [2.24, 2.45) is 11.8 Å². The van der Waals surface area contributed by atoms with E-state index in [0.717, 1.165) is 11.3 Å². The molecule has 2 aromatic carbocycles. The molecule has 0 saturated carbocycles. The van der Waals surface area contributed by atoms with Crippen LogP contribution in [0.25, 0.3) is 0 Å². The Balaban J connectivity index is 1.98. The van der Waals surface area contributed by atoms with Crippen LogP contribution in [0.2, 0.25) is 0 Å². The highest BCUT2D eigenvalue weighted by molar-refractivity contribution is 7.54. The van der Waals surface area contributed by atoms with Gasteiger partial charge in [-0.3, -0.25) is 4.57 Å². The van der Waals surface area contributed by atoms with Crippen molar-refractivity contribution in [2.45, 2.75) is 33.5 Å². The molecule has 0 unspecified atom stereocenters. The Morgan fingerprint density at radius 3 is 2.17 bits per heavy atom. The van der Waals surface area contributed by atoms with E-state index in [1.807, 2.05) is 76.2 Å². The van der Waals surface area contributed by atoms with Gasteiger partial charge in [-0.05, 0) is 41.7 Å². The van der Waals surface area contributed by atoms with Crippen molar-refractivity contribution in [3.8, 4) is 11.5 Å². The molecular weight excluding hydrogens is 389 g/mol. The molecule has 1 atom stereocenters. The van der Waals surface area contributed by atoms with Crippen LogP contribution in [0.1, 0.15) is 39.0 Å². The van der Waals surface area contributed by atoms with E-state index in [4.69, 9.17) is 18.5 Å². The van der Waals surface area contributed by atoms with E-state index in [0.29, 0.717) is 24.7 Å². The van der Waals surface area contributed by atoms with Crippen LogP contribution < -0.4 is 14.8 Å². The molecule has 29 heavy (non-hydrogen) atoms. The Morgan fingerprint density at radius 1 is 0.931 bits per heavy atom. The quantitative estimate of drug-likeness (QED) is 0.472. The molecule has 0 amide bonds. The fourth-order valence-electron chi connectivity index (χ4n) is 2.81. The lowest BCUT2D eigenvalue weighted by molar-refractivity contribution is 0.168. The van der Waals surface area contributed by atoms with Gasteiger partial charge in [0, 0.05) is 5.69 Å². The second-order valence-corrected chi connectivity index (χ2v) is 10.1. The van der Waals surface area contributed by atoms with Crippen molar-refractivity contribution in [2.75, 3.05) is 25.3 Å². The van der Waals surface area contributed by atoms with Crippen LogP contribution in [0.4, 0.5) is 5.69 Å². The molecule has 1 aliphatic rings. The lowest BCUT2D eigenvalue weighted by Gasteiger charge is -2.30. The van der Waals surface area contributed by atoms with Gasteiger partial charge >= 0.3 is 7.60 Å². The van der Waals surface area contributed by atoms with Gasteiger partial charge < -0.3 is 23.8 Å². The molecule has 0 radical (unpaired) electrons. The van der Waals surface area contributed by atoms with Crippen molar-refractivity contribution in [3.05, 3.63) is 54.1 Å². The molecule has 7 heteroatoms. The summed E-state index contributed by atoms with van der Waals surface area (Å²) in [5.74, 6) is 1.06. The van der Waals surface area contributed by atoms with Crippen molar-refractivity contribution >= 4 is 13.3 Å². The van der Waals surface area contributed by atoms with Crippen molar-refractivity contribution in [1.29, 1.82) is 0 Å². The lowest BCUT2D eigenvalue weighted by atomic mass is 10.2. The summed E-state index contributed by atoms with van der Waals surface area (Å²) in [6.07, 6.45) is 0. The van der Waals surface area contributed by atoms with Crippen molar-refractivity contribution < 1.29 is 23.1 Å². The summed E-state index contributed by atoms with van der Waals surface area (Å²) >= 11 is 0. The van der Waals surface area contributed by atoms with Crippen molar-refractivity contribution in [1.82, 2.24) is 0 Å². The minimum atomic E-state index is -3.56. The van der Waals surface area contributed by atoms with E-state index < -0.39 is 13.4 Å². The molecule has 1 heterocycles. The first-order valence-electron chi connectivity index (χ1n) is 9.97. The molecule has 158 valence electrons. The SMILES string of the molecule is CC(C)COP(=O)(OCC(C)C)[C@@H](Nc1ccccc1)c1ccc2c(c1)OCO2. The molecule has 0 spiro atoms. The topological polar surface area (TPSA) is 66.0 Å². The van der Waals surface area contributed by atoms with Gasteiger partial charge in [-0.2, -0.15) is 0 Å². The second kappa shape index (κ2) is 9.66. The monoisotopic (exact) mass is 419 g/mol. The van der Waals surface area contributed by atoms with Gasteiger partial charge in [-0.1, -0.05) is 52.0 Å². The van der Waals surface area contributed by atoms with Crippen LogP contribution >= 0.6 is 7.60 Å². The standard InChI is InChI=1S/C22H30NO5P/c1-16(2)13-27-29(24,28-14-17(3)4)22(23-19-8-6-5-7-9-19)18-10-11-20-21(12-18)26-15-25-20/h5-12,16-17,22-23H,13-15H2,1-4H3/t22-/m1/s1. The Morgan fingerprint density at radius 2 is 1.55 bits per heavy atom. The highest BCUT2D eigenvalue weighted by atomic mass is 31.2. The summed E-state index contributed by atoms with van der Waals surface area (Å²) in [5, 5.41) is 3.37. The first-order valence-corrected chi connectivity index (χ1v) is 11.6. The third-order valence-electron chi connectivity index (χ3n) is 4.28. The maximum Gasteiger partial charge on any atom is 0.357 e. The van der Waals surface area contributed by atoms with E-state index in [9.17, 15) is 4.57 Å². The molecular formula is C22H30NO5P. The number of anilines is 1. The predicted octanol–water partition coefficient (Wildman–Crippen LogP) is 6.06. The molecule has 0 fully saturated rings. The summed E-state index contributed by atoms with van der Waals surface area (Å²) in [4.78, 5) is 0. The number of para-hydroxylation sites is 1. The fraction of sp³-hybridized carbons (Fsp3) is 0.455. The number of rotatable bonds is 10. The van der Waals surface area contributed by atoms with Crippen LogP contribution in [0.5, 0.6) is 11.5 Å². The molecule has 1 N–H and O–H groups in total. The Kier molecular flexibility index (Phi) is 7.23. The molecule has 0 bridgehead atoms. The van der Waals surface area contributed by atoms with Gasteiger partial charge in [0.2, 0.25) is 6.79 Å². The van der Waals surface area contributed by atoms with Crippen molar-refractivity contribution in [3.63, 3.8) is 0 Å². The lowest BCUT2D eigenvalue weighted by Crippen LogP contribution is -2.18. The minimum Gasteiger partial charge on any atom is -0.454 e. The number of ether oxygens (including phenoxy) is 2. The Bertz CT molecular complexity index is 824. The number of benzene rings is 2. The van der Waals surface area contributed by atoms with E-state index >= 15 is 0 Å². The number of fused-ring (bicyclic) bond motifs is 1. The maximum absolute atomic E-state index is 14.0. The highest BCUT2D eigenvalue weighted by Gasteiger charge is 2.39.